The summed E-state index contributed by atoms with van der Waals surface area (Å²) in [6.45, 7) is 10.0. The van der Waals surface area contributed by atoms with Crippen molar-refractivity contribution in [3.63, 3.8) is 0 Å². The van der Waals surface area contributed by atoms with E-state index in [4.69, 9.17) is 0 Å². The number of hydrogen-bond acceptors (Lipinski definition) is 5. The van der Waals surface area contributed by atoms with Crippen LogP contribution < -0.4 is 0 Å². The van der Waals surface area contributed by atoms with Crippen LogP contribution in [0.3, 0.4) is 0 Å². The van der Waals surface area contributed by atoms with Crippen molar-refractivity contribution in [1.82, 2.24) is 24.3 Å². The van der Waals surface area contributed by atoms with Crippen LogP contribution in [0.25, 0.3) is 0 Å². The number of hydrogen-bond donors (Lipinski definition) is 0. The molecule has 2 aliphatic rings. The number of amides is 2. The molecule has 28 heavy (non-hydrogen) atoms. The van der Waals surface area contributed by atoms with Gasteiger partial charge in [0.1, 0.15) is 0 Å². The molecule has 2 aromatic rings. The maximum absolute atomic E-state index is 13.6. The van der Waals surface area contributed by atoms with Gasteiger partial charge in [0.2, 0.25) is 11.8 Å². The van der Waals surface area contributed by atoms with Crippen molar-refractivity contribution in [2.45, 2.75) is 52.6 Å². The molecule has 0 radical (unpaired) electrons. The van der Waals surface area contributed by atoms with Crippen molar-refractivity contribution >= 4 is 23.2 Å². The average molecular weight is 402 g/mol. The van der Waals surface area contributed by atoms with Gasteiger partial charge in [-0.3, -0.25) is 9.59 Å². The van der Waals surface area contributed by atoms with Crippen LogP contribution in [0.1, 0.15) is 55.5 Å². The van der Waals surface area contributed by atoms with Gasteiger partial charge in [-0.2, -0.15) is 0 Å². The first-order valence-corrected chi connectivity index (χ1v) is 10.7. The van der Waals surface area contributed by atoms with Gasteiger partial charge in [0.15, 0.2) is 0 Å². The second-order valence-corrected chi connectivity index (χ2v) is 9.34. The van der Waals surface area contributed by atoms with Gasteiger partial charge in [0, 0.05) is 50.1 Å². The quantitative estimate of drug-likeness (QED) is 0.790. The predicted octanol–water partition coefficient (Wildman–Crippen LogP) is 2.59. The van der Waals surface area contributed by atoms with Crippen LogP contribution >= 0.6 is 11.3 Å². The van der Waals surface area contributed by atoms with E-state index >= 15 is 0 Å². The Balaban J connectivity index is 1.63. The van der Waals surface area contributed by atoms with Crippen LogP contribution in [0.2, 0.25) is 0 Å². The van der Waals surface area contributed by atoms with Crippen LogP contribution in [0.4, 0.5) is 0 Å². The Morgan fingerprint density at radius 1 is 1.43 bits per heavy atom. The smallest absolute Gasteiger partial charge is 0.231 e. The molecule has 2 atom stereocenters. The van der Waals surface area contributed by atoms with Crippen LogP contribution in [0.5, 0.6) is 0 Å². The number of rotatable bonds is 4. The summed E-state index contributed by atoms with van der Waals surface area (Å²) in [7, 11) is 0. The molecule has 0 bridgehead atoms. The highest BCUT2D eigenvalue weighted by Crippen LogP contribution is 2.49. The lowest BCUT2D eigenvalue weighted by atomic mass is 9.75. The van der Waals surface area contributed by atoms with Gasteiger partial charge in [0.25, 0.3) is 0 Å². The lowest BCUT2D eigenvalue weighted by molar-refractivity contribution is -0.137. The van der Waals surface area contributed by atoms with Crippen LogP contribution in [-0.2, 0) is 16.1 Å². The Hall–Kier alpha value is -2.22. The summed E-state index contributed by atoms with van der Waals surface area (Å²) in [6, 6.07) is 0.311. The van der Waals surface area contributed by atoms with Gasteiger partial charge in [-0.05, 0) is 27.2 Å². The van der Waals surface area contributed by atoms with Crippen molar-refractivity contribution in [2.75, 3.05) is 19.6 Å². The van der Waals surface area contributed by atoms with Gasteiger partial charge in [-0.1, -0.05) is 0 Å². The summed E-state index contributed by atoms with van der Waals surface area (Å²) in [4.78, 5) is 38.5. The summed E-state index contributed by atoms with van der Waals surface area (Å²) >= 11 is 1.61. The molecular formula is C20H27N5O2S. The number of aromatic nitrogens is 3. The Kier molecular flexibility index (Phi) is 4.77. The van der Waals surface area contributed by atoms with Gasteiger partial charge in [0.05, 0.1) is 34.7 Å². The van der Waals surface area contributed by atoms with E-state index in [1.54, 1.807) is 18.3 Å². The molecule has 4 heterocycles. The topological polar surface area (TPSA) is 71.3 Å². The van der Waals surface area contributed by atoms with Gasteiger partial charge in [-0.25, -0.2) is 9.97 Å². The third-order valence-corrected chi connectivity index (χ3v) is 6.95. The molecule has 150 valence electrons. The maximum atomic E-state index is 13.6. The summed E-state index contributed by atoms with van der Waals surface area (Å²) in [5, 5.41) is 3.03. The highest BCUT2D eigenvalue weighted by atomic mass is 32.1. The zero-order chi connectivity index (χ0) is 20.1. The molecular weight excluding hydrogens is 374 g/mol. The zero-order valence-electron chi connectivity index (χ0n) is 16.9. The van der Waals surface area contributed by atoms with Gasteiger partial charge in [-0.15, -0.1) is 11.3 Å². The molecule has 0 unspecified atom stereocenters. The third kappa shape index (κ3) is 3.13. The predicted molar refractivity (Wildman–Crippen MR) is 107 cm³/mol. The molecule has 2 fully saturated rings. The minimum atomic E-state index is -0.576. The van der Waals surface area contributed by atoms with E-state index in [0.29, 0.717) is 32.2 Å². The molecule has 8 heteroatoms. The monoisotopic (exact) mass is 401 g/mol. The van der Waals surface area contributed by atoms with Crippen molar-refractivity contribution in [3.05, 3.63) is 34.3 Å². The number of likely N-dealkylation sites (tertiary alicyclic amines) is 2. The molecule has 2 amide bonds. The largest absolute Gasteiger partial charge is 0.341 e. The van der Waals surface area contributed by atoms with Gasteiger partial charge < -0.3 is 14.4 Å². The molecule has 4 rings (SSSR count). The SMILES string of the molecule is CC(=O)N1C[C@H](c2cn(C(C)C)cn2)[C@]2(CCN(Cc3csc(C)n3)C2=O)C1. The Morgan fingerprint density at radius 3 is 2.82 bits per heavy atom. The van der Waals surface area contributed by atoms with E-state index in [1.807, 2.05) is 34.6 Å². The van der Waals surface area contributed by atoms with E-state index < -0.39 is 5.41 Å². The van der Waals surface area contributed by atoms with Crippen LogP contribution in [-0.4, -0.2) is 55.8 Å². The summed E-state index contributed by atoms with van der Waals surface area (Å²) in [5.74, 6) is 0.0867. The molecule has 0 saturated carbocycles. The summed E-state index contributed by atoms with van der Waals surface area (Å²) in [5.41, 5.74) is 1.28. The number of thiazole rings is 1. The fourth-order valence-corrected chi connectivity index (χ4v) is 5.10. The van der Waals surface area contributed by atoms with Crippen LogP contribution in [0, 0.1) is 12.3 Å². The standard InChI is InChI=1S/C20H27N5O2S/c1-13(2)25-9-18(21-12-25)17-8-24(15(4)26)11-20(17)5-6-23(19(20)27)7-16-10-28-14(3)22-16/h9-10,12-13,17H,5-8,11H2,1-4H3/t17-,20+/m1/s1. The fraction of sp³-hybridized carbons (Fsp3) is 0.600. The first kappa shape index (κ1) is 19.1. The number of aryl methyl sites for hydroxylation is 1. The highest BCUT2D eigenvalue weighted by Gasteiger charge is 2.58. The Bertz CT molecular complexity index is 904. The maximum Gasteiger partial charge on any atom is 0.231 e. The Labute approximate surface area is 169 Å². The molecule has 7 nitrogen and oxygen atoms in total. The summed E-state index contributed by atoms with van der Waals surface area (Å²) < 4.78 is 2.06. The number of carbonyl (C=O) groups excluding carboxylic acids is 2. The van der Waals surface area contributed by atoms with Crippen LogP contribution in [0.15, 0.2) is 17.9 Å². The fourth-order valence-electron chi connectivity index (χ4n) is 4.50. The molecule has 0 aliphatic carbocycles. The lowest BCUT2D eigenvalue weighted by Gasteiger charge is -2.27. The first-order valence-electron chi connectivity index (χ1n) is 9.79. The van der Waals surface area contributed by atoms with E-state index in [1.165, 1.54) is 0 Å². The third-order valence-electron chi connectivity index (χ3n) is 6.12. The highest BCUT2D eigenvalue weighted by molar-refractivity contribution is 7.09. The molecule has 2 aliphatic heterocycles. The number of imidazole rings is 1. The minimum absolute atomic E-state index is 0.0199. The van der Waals surface area contributed by atoms with E-state index in [2.05, 4.69) is 28.4 Å². The number of carbonyl (C=O) groups is 2. The lowest BCUT2D eigenvalue weighted by Crippen LogP contribution is -2.40. The van der Waals surface area contributed by atoms with Crippen molar-refractivity contribution in [1.29, 1.82) is 0 Å². The zero-order valence-corrected chi connectivity index (χ0v) is 17.7. The second-order valence-electron chi connectivity index (χ2n) is 8.28. The minimum Gasteiger partial charge on any atom is -0.341 e. The van der Waals surface area contributed by atoms with E-state index in [9.17, 15) is 9.59 Å². The van der Waals surface area contributed by atoms with Crippen molar-refractivity contribution in [3.8, 4) is 0 Å². The van der Waals surface area contributed by atoms with Gasteiger partial charge >= 0.3 is 0 Å². The van der Waals surface area contributed by atoms with Crippen molar-refractivity contribution in [2.24, 2.45) is 5.41 Å². The van der Waals surface area contributed by atoms with E-state index in [-0.39, 0.29) is 17.7 Å². The molecule has 2 saturated heterocycles. The summed E-state index contributed by atoms with van der Waals surface area (Å²) in [6.07, 6.45) is 4.62. The second kappa shape index (κ2) is 6.99. The molecule has 0 N–H and O–H groups in total. The normalized spacial score (nSPS) is 24.9. The first-order chi connectivity index (χ1) is 13.3. The molecule has 1 spiro atoms. The van der Waals surface area contributed by atoms with E-state index in [0.717, 1.165) is 22.8 Å². The van der Waals surface area contributed by atoms with Crippen molar-refractivity contribution < 1.29 is 9.59 Å². The molecule has 2 aromatic heterocycles. The number of nitrogens with zero attached hydrogens (tertiary/aromatic N) is 5. The Morgan fingerprint density at radius 2 is 2.21 bits per heavy atom. The average Bonchev–Trinajstić information content (AvgIpc) is 3.39. The molecule has 0 aromatic carbocycles.